The largest absolute Gasteiger partial charge is 0.481 e. The number of anilines is 1. The van der Waals surface area contributed by atoms with Gasteiger partial charge in [-0.05, 0) is 30.2 Å². The van der Waals surface area contributed by atoms with E-state index in [9.17, 15) is 23.3 Å². The van der Waals surface area contributed by atoms with Crippen LogP contribution < -0.4 is 4.31 Å². The van der Waals surface area contributed by atoms with E-state index < -0.39 is 37.9 Å². The molecule has 0 aliphatic heterocycles. The zero-order chi connectivity index (χ0) is 19.3. The van der Waals surface area contributed by atoms with Crippen LogP contribution in [-0.4, -0.2) is 31.0 Å². The van der Waals surface area contributed by atoms with Crippen LogP contribution in [-0.2, 0) is 21.2 Å². The molecule has 0 atom stereocenters. The molecular weight excluding hydrogens is 360 g/mol. The van der Waals surface area contributed by atoms with Gasteiger partial charge in [0.15, 0.2) is 4.90 Å². The molecule has 0 bridgehead atoms. The summed E-state index contributed by atoms with van der Waals surface area (Å²) >= 11 is 0. The lowest BCUT2D eigenvalue weighted by Gasteiger charge is -2.24. The van der Waals surface area contributed by atoms with Crippen molar-refractivity contribution in [1.29, 1.82) is 0 Å². The normalized spacial score (nSPS) is 11.1. The van der Waals surface area contributed by atoms with Gasteiger partial charge in [-0.3, -0.25) is 19.2 Å². The van der Waals surface area contributed by atoms with Gasteiger partial charge in [-0.2, -0.15) is 0 Å². The molecule has 0 saturated heterocycles. The van der Waals surface area contributed by atoms with Crippen molar-refractivity contribution in [3.8, 4) is 0 Å². The van der Waals surface area contributed by atoms with E-state index in [4.69, 9.17) is 5.11 Å². The number of aliphatic carboxylic acids is 1. The molecule has 0 amide bonds. The van der Waals surface area contributed by atoms with Gasteiger partial charge in [-0.15, -0.1) is 0 Å². The Hall–Kier alpha value is -2.94. The summed E-state index contributed by atoms with van der Waals surface area (Å²) in [6.07, 6.45) is 0.321. The van der Waals surface area contributed by atoms with Crippen molar-refractivity contribution in [3.05, 3.63) is 64.2 Å². The number of carboxylic acids is 1. The second-order valence-electron chi connectivity index (χ2n) is 5.47. The third kappa shape index (κ3) is 4.17. The van der Waals surface area contributed by atoms with E-state index in [1.54, 1.807) is 24.3 Å². The number of benzene rings is 2. The maximum atomic E-state index is 13.1. The van der Waals surface area contributed by atoms with Gasteiger partial charge in [0.05, 0.1) is 17.0 Å². The molecule has 2 rings (SSSR count). The summed E-state index contributed by atoms with van der Waals surface area (Å²) in [5, 5.41) is 20.1. The fourth-order valence-electron chi connectivity index (χ4n) is 2.43. The number of para-hydroxylation sites is 1. The molecule has 8 nitrogen and oxygen atoms in total. The van der Waals surface area contributed by atoms with Crippen LogP contribution in [0.25, 0.3) is 0 Å². The first-order valence-electron chi connectivity index (χ1n) is 7.84. The summed E-state index contributed by atoms with van der Waals surface area (Å²) in [7, 11) is -4.32. The third-order valence-corrected chi connectivity index (χ3v) is 5.67. The van der Waals surface area contributed by atoms with Crippen LogP contribution in [0.1, 0.15) is 18.9 Å². The molecular formula is C17H18N2O6S. The molecule has 0 radical (unpaired) electrons. The lowest BCUT2D eigenvalue weighted by molar-refractivity contribution is -0.387. The molecule has 1 N–H and O–H groups in total. The van der Waals surface area contributed by atoms with E-state index in [-0.39, 0.29) is 12.2 Å². The number of aryl methyl sites for hydroxylation is 1. The summed E-state index contributed by atoms with van der Waals surface area (Å²) in [6, 6.07) is 11.6. The van der Waals surface area contributed by atoms with Crippen molar-refractivity contribution >= 4 is 27.4 Å². The molecule has 0 heterocycles. The van der Waals surface area contributed by atoms with Crippen LogP contribution in [0.3, 0.4) is 0 Å². The Morgan fingerprint density at radius 3 is 2.31 bits per heavy atom. The fraction of sp³-hybridized carbons (Fsp3) is 0.235. The third-order valence-electron chi connectivity index (χ3n) is 3.79. The molecule has 2 aromatic rings. The van der Waals surface area contributed by atoms with E-state index in [2.05, 4.69) is 0 Å². The van der Waals surface area contributed by atoms with Gasteiger partial charge in [0, 0.05) is 12.6 Å². The Labute approximate surface area is 150 Å². The highest BCUT2D eigenvalue weighted by atomic mass is 32.2. The van der Waals surface area contributed by atoms with E-state index in [1.807, 2.05) is 6.92 Å². The average molecular weight is 378 g/mol. The Balaban J connectivity index is 2.56. The number of carbonyl (C=O) groups is 1. The Bertz CT molecular complexity index is 909. The highest BCUT2D eigenvalue weighted by molar-refractivity contribution is 7.93. The molecule has 138 valence electrons. The van der Waals surface area contributed by atoms with E-state index in [1.165, 1.54) is 12.1 Å². The van der Waals surface area contributed by atoms with E-state index >= 15 is 0 Å². The number of carboxylic acid groups (broad SMARTS) is 1. The molecule has 0 unspecified atom stereocenters. The molecule has 0 saturated carbocycles. The number of hydrogen-bond acceptors (Lipinski definition) is 5. The maximum absolute atomic E-state index is 13.1. The minimum absolute atomic E-state index is 0.251. The molecule has 0 fully saturated rings. The number of rotatable bonds is 8. The zero-order valence-electron chi connectivity index (χ0n) is 14.0. The zero-order valence-corrected chi connectivity index (χ0v) is 14.8. The van der Waals surface area contributed by atoms with Crippen LogP contribution in [0, 0.1) is 10.1 Å². The Morgan fingerprint density at radius 1 is 1.15 bits per heavy atom. The fourth-order valence-corrected chi connectivity index (χ4v) is 4.05. The number of sulfonamides is 1. The summed E-state index contributed by atoms with van der Waals surface area (Å²) in [4.78, 5) is 20.9. The Kier molecular flexibility index (Phi) is 5.93. The second-order valence-corrected chi connectivity index (χ2v) is 7.30. The summed E-state index contributed by atoms with van der Waals surface area (Å²) < 4.78 is 27.0. The molecule has 0 spiro atoms. The molecule has 26 heavy (non-hydrogen) atoms. The molecule has 9 heteroatoms. The van der Waals surface area contributed by atoms with Crippen LogP contribution in [0.5, 0.6) is 0 Å². The molecule has 0 aliphatic carbocycles. The number of nitro benzene ring substituents is 1. The van der Waals surface area contributed by atoms with Crippen molar-refractivity contribution in [2.75, 3.05) is 10.8 Å². The van der Waals surface area contributed by atoms with Gasteiger partial charge in [0.25, 0.3) is 15.7 Å². The molecule has 0 aromatic heterocycles. The number of hydrogen-bond donors (Lipinski definition) is 1. The van der Waals surface area contributed by atoms with Crippen molar-refractivity contribution in [2.24, 2.45) is 0 Å². The predicted molar refractivity (Wildman–Crippen MR) is 95.7 cm³/mol. The van der Waals surface area contributed by atoms with Crippen molar-refractivity contribution in [2.45, 2.75) is 24.7 Å². The van der Waals surface area contributed by atoms with Gasteiger partial charge < -0.3 is 5.11 Å². The van der Waals surface area contributed by atoms with Crippen molar-refractivity contribution < 1.29 is 23.2 Å². The maximum Gasteiger partial charge on any atom is 0.305 e. The first-order valence-corrected chi connectivity index (χ1v) is 9.28. The topological polar surface area (TPSA) is 118 Å². The SMILES string of the molecule is CCc1ccc(N(CCC(=O)O)S(=O)(=O)c2ccccc2[N+](=O)[O-])cc1. The van der Waals surface area contributed by atoms with Crippen LogP contribution in [0.4, 0.5) is 11.4 Å². The van der Waals surface area contributed by atoms with E-state index in [0.717, 1.165) is 28.4 Å². The summed E-state index contributed by atoms with van der Waals surface area (Å²) in [5.74, 6) is -1.17. The first-order chi connectivity index (χ1) is 12.3. The smallest absolute Gasteiger partial charge is 0.305 e. The monoisotopic (exact) mass is 378 g/mol. The minimum Gasteiger partial charge on any atom is -0.481 e. The predicted octanol–water partition coefficient (Wildman–Crippen LogP) is 2.83. The van der Waals surface area contributed by atoms with Gasteiger partial charge in [0.1, 0.15) is 0 Å². The van der Waals surface area contributed by atoms with E-state index in [0.29, 0.717) is 0 Å². The lowest BCUT2D eigenvalue weighted by atomic mass is 10.1. The van der Waals surface area contributed by atoms with Crippen LogP contribution in [0.2, 0.25) is 0 Å². The van der Waals surface area contributed by atoms with Crippen LogP contribution >= 0.6 is 0 Å². The minimum atomic E-state index is -4.32. The van der Waals surface area contributed by atoms with Gasteiger partial charge in [0.2, 0.25) is 0 Å². The summed E-state index contributed by atoms with van der Waals surface area (Å²) in [5.41, 5.74) is 0.676. The molecule has 0 aliphatic rings. The van der Waals surface area contributed by atoms with Gasteiger partial charge in [-0.1, -0.05) is 31.2 Å². The number of nitro groups is 1. The lowest BCUT2D eigenvalue weighted by Crippen LogP contribution is -2.33. The Morgan fingerprint density at radius 2 is 1.77 bits per heavy atom. The average Bonchev–Trinajstić information content (AvgIpc) is 2.62. The standard InChI is InChI=1S/C17H18N2O6S/c1-2-13-7-9-14(10-8-13)18(12-11-17(20)21)26(24,25)16-6-4-3-5-15(16)19(22)23/h3-10H,2,11-12H2,1H3,(H,20,21). The van der Waals surface area contributed by atoms with Gasteiger partial charge in [-0.25, -0.2) is 8.42 Å². The van der Waals surface area contributed by atoms with Gasteiger partial charge >= 0.3 is 5.97 Å². The molecule has 2 aromatic carbocycles. The highest BCUT2D eigenvalue weighted by Gasteiger charge is 2.31. The first kappa shape index (κ1) is 19.4. The quantitative estimate of drug-likeness (QED) is 0.557. The summed E-state index contributed by atoms with van der Waals surface area (Å²) in [6.45, 7) is 1.61. The highest BCUT2D eigenvalue weighted by Crippen LogP contribution is 2.30. The van der Waals surface area contributed by atoms with Crippen molar-refractivity contribution in [1.82, 2.24) is 0 Å². The number of nitrogens with zero attached hydrogens (tertiary/aromatic N) is 2. The van der Waals surface area contributed by atoms with Crippen molar-refractivity contribution in [3.63, 3.8) is 0 Å². The second kappa shape index (κ2) is 7.96. The van der Waals surface area contributed by atoms with Crippen LogP contribution in [0.15, 0.2) is 53.4 Å².